The van der Waals surface area contributed by atoms with Crippen molar-refractivity contribution in [2.75, 3.05) is 13.7 Å². The van der Waals surface area contributed by atoms with Crippen molar-refractivity contribution >= 4 is 0 Å². The van der Waals surface area contributed by atoms with Gasteiger partial charge in [-0.1, -0.05) is 0 Å². The van der Waals surface area contributed by atoms with E-state index in [1.807, 2.05) is 0 Å². The van der Waals surface area contributed by atoms with Gasteiger partial charge in [-0.3, -0.25) is 0 Å². The number of hydrogen-bond acceptors (Lipinski definition) is 1. The summed E-state index contributed by atoms with van der Waals surface area (Å²) in [6.07, 6.45) is -2.14. The normalized spacial score (nSPS) is 30.5. The zero-order valence-corrected chi connectivity index (χ0v) is 7.73. The van der Waals surface area contributed by atoms with E-state index in [4.69, 9.17) is 4.74 Å². The van der Waals surface area contributed by atoms with Gasteiger partial charge in [0.25, 0.3) is 0 Å². The van der Waals surface area contributed by atoms with E-state index in [9.17, 15) is 13.2 Å². The second-order valence-electron chi connectivity index (χ2n) is 3.71. The van der Waals surface area contributed by atoms with Crippen LogP contribution in [0.1, 0.15) is 25.7 Å². The van der Waals surface area contributed by atoms with E-state index in [0.29, 0.717) is 25.4 Å². The Hall–Kier alpha value is -0.250. The fourth-order valence-corrected chi connectivity index (χ4v) is 1.89. The first-order valence-electron chi connectivity index (χ1n) is 4.59. The van der Waals surface area contributed by atoms with E-state index in [-0.39, 0.29) is 12.8 Å². The van der Waals surface area contributed by atoms with Gasteiger partial charge in [-0.2, -0.15) is 13.2 Å². The van der Waals surface area contributed by atoms with Crippen LogP contribution in [-0.2, 0) is 4.74 Å². The van der Waals surface area contributed by atoms with Crippen LogP contribution >= 0.6 is 0 Å². The Kier molecular flexibility index (Phi) is 3.59. The molecule has 0 aliphatic heterocycles. The molecule has 13 heavy (non-hydrogen) atoms. The van der Waals surface area contributed by atoms with Crippen LogP contribution in [0.5, 0.6) is 0 Å². The SMILES string of the molecule is COCC1CCC(C(F)(F)F)CC1. The summed E-state index contributed by atoms with van der Waals surface area (Å²) in [5.74, 6) is -0.732. The highest BCUT2D eigenvalue weighted by molar-refractivity contribution is 4.76. The highest BCUT2D eigenvalue weighted by Gasteiger charge is 2.41. The van der Waals surface area contributed by atoms with Crippen LogP contribution in [0.2, 0.25) is 0 Å². The zero-order valence-electron chi connectivity index (χ0n) is 7.73. The minimum atomic E-state index is -3.99. The molecule has 0 unspecified atom stereocenters. The van der Waals surface area contributed by atoms with Crippen molar-refractivity contribution in [2.24, 2.45) is 11.8 Å². The van der Waals surface area contributed by atoms with Crippen LogP contribution in [0, 0.1) is 11.8 Å². The van der Waals surface area contributed by atoms with Gasteiger partial charge in [0, 0.05) is 13.7 Å². The Labute approximate surface area is 76.3 Å². The van der Waals surface area contributed by atoms with Crippen molar-refractivity contribution in [3.8, 4) is 0 Å². The highest BCUT2D eigenvalue weighted by atomic mass is 19.4. The number of halogens is 3. The molecule has 1 aliphatic carbocycles. The Morgan fingerprint density at radius 1 is 1.15 bits per heavy atom. The van der Waals surface area contributed by atoms with Crippen LogP contribution in [0.3, 0.4) is 0 Å². The van der Waals surface area contributed by atoms with E-state index in [1.54, 1.807) is 7.11 Å². The third-order valence-corrected chi connectivity index (χ3v) is 2.71. The highest BCUT2D eigenvalue weighted by Crippen LogP contribution is 2.39. The lowest BCUT2D eigenvalue weighted by Crippen LogP contribution is -2.28. The summed E-state index contributed by atoms with van der Waals surface area (Å²) in [4.78, 5) is 0. The number of alkyl halides is 3. The predicted molar refractivity (Wildman–Crippen MR) is 43.4 cm³/mol. The van der Waals surface area contributed by atoms with E-state index in [2.05, 4.69) is 0 Å². The van der Waals surface area contributed by atoms with Crippen LogP contribution in [0.4, 0.5) is 13.2 Å². The second kappa shape index (κ2) is 4.31. The molecular formula is C9H15F3O. The van der Waals surface area contributed by atoms with Gasteiger partial charge in [0.2, 0.25) is 0 Å². The molecule has 0 aromatic rings. The number of hydrogen-bond donors (Lipinski definition) is 0. The summed E-state index contributed by atoms with van der Waals surface area (Å²) in [7, 11) is 1.59. The molecular weight excluding hydrogens is 181 g/mol. The van der Waals surface area contributed by atoms with Gasteiger partial charge in [-0.05, 0) is 31.6 Å². The molecule has 1 rings (SSSR count). The topological polar surface area (TPSA) is 9.23 Å². The average Bonchev–Trinajstić information content (AvgIpc) is 2.04. The molecule has 0 amide bonds. The van der Waals surface area contributed by atoms with Gasteiger partial charge in [0.15, 0.2) is 0 Å². The molecule has 78 valence electrons. The van der Waals surface area contributed by atoms with Crippen LogP contribution < -0.4 is 0 Å². The van der Waals surface area contributed by atoms with Crippen molar-refractivity contribution in [1.82, 2.24) is 0 Å². The lowest BCUT2D eigenvalue weighted by molar-refractivity contribution is -0.184. The third-order valence-electron chi connectivity index (χ3n) is 2.71. The summed E-state index contributed by atoms with van der Waals surface area (Å²) in [6, 6.07) is 0. The number of ether oxygens (including phenoxy) is 1. The maximum Gasteiger partial charge on any atom is 0.391 e. The first-order chi connectivity index (χ1) is 6.04. The fourth-order valence-electron chi connectivity index (χ4n) is 1.89. The van der Waals surface area contributed by atoms with Crippen molar-refractivity contribution < 1.29 is 17.9 Å². The molecule has 0 bridgehead atoms. The summed E-state index contributed by atoms with van der Waals surface area (Å²) < 4.78 is 41.6. The fraction of sp³-hybridized carbons (Fsp3) is 1.00. The van der Waals surface area contributed by atoms with Crippen LogP contribution in [-0.4, -0.2) is 19.9 Å². The lowest BCUT2D eigenvalue weighted by atomic mass is 9.82. The maximum absolute atomic E-state index is 12.2. The first-order valence-corrected chi connectivity index (χ1v) is 4.59. The second-order valence-corrected chi connectivity index (χ2v) is 3.71. The van der Waals surface area contributed by atoms with Crippen molar-refractivity contribution in [3.63, 3.8) is 0 Å². The monoisotopic (exact) mass is 196 g/mol. The Morgan fingerprint density at radius 3 is 2.08 bits per heavy atom. The lowest BCUT2D eigenvalue weighted by Gasteiger charge is -2.29. The molecule has 4 heteroatoms. The molecule has 0 aromatic heterocycles. The van der Waals surface area contributed by atoms with Gasteiger partial charge >= 0.3 is 6.18 Å². The molecule has 1 fully saturated rings. The Balaban J connectivity index is 2.30. The molecule has 0 atom stereocenters. The van der Waals surface area contributed by atoms with Gasteiger partial charge in [0.05, 0.1) is 5.92 Å². The summed E-state index contributed by atoms with van der Waals surface area (Å²) in [5, 5.41) is 0. The van der Waals surface area contributed by atoms with Crippen molar-refractivity contribution in [3.05, 3.63) is 0 Å². The maximum atomic E-state index is 12.2. The van der Waals surface area contributed by atoms with E-state index >= 15 is 0 Å². The molecule has 0 aromatic carbocycles. The van der Waals surface area contributed by atoms with Gasteiger partial charge < -0.3 is 4.74 Å². The molecule has 0 heterocycles. The van der Waals surface area contributed by atoms with Gasteiger partial charge in [-0.25, -0.2) is 0 Å². The largest absolute Gasteiger partial charge is 0.391 e. The summed E-state index contributed by atoms with van der Waals surface area (Å²) in [6.45, 7) is 0.602. The minimum Gasteiger partial charge on any atom is -0.384 e. The smallest absolute Gasteiger partial charge is 0.384 e. The van der Waals surface area contributed by atoms with Gasteiger partial charge in [0.1, 0.15) is 0 Å². The standard InChI is InChI=1S/C9H15F3O/c1-13-6-7-2-4-8(5-3-7)9(10,11)12/h7-8H,2-6H2,1H3. The summed E-state index contributed by atoms with van der Waals surface area (Å²) >= 11 is 0. The van der Waals surface area contributed by atoms with Crippen molar-refractivity contribution in [2.45, 2.75) is 31.9 Å². The molecule has 0 N–H and O–H groups in total. The molecule has 0 radical (unpaired) electrons. The minimum absolute atomic E-state index is 0.275. The van der Waals surface area contributed by atoms with E-state index in [0.717, 1.165) is 0 Å². The quantitative estimate of drug-likeness (QED) is 0.659. The first kappa shape index (κ1) is 10.8. The number of methoxy groups -OCH3 is 1. The van der Waals surface area contributed by atoms with E-state index in [1.165, 1.54) is 0 Å². The number of rotatable bonds is 2. The Bertz CT molecular complexity index is 147. The Morgan fingerprint density at radius 2 is 1.69 bits per heavy atom. The third kappa shape index (κ3) is 3.18. The molecule has 1 nitrogen and oxygen atoms in total. The molecule has 0 saturated heterocycles. The predicted octanol–water partition coefficient (Wildman–Crippen LogP) is 3.00. The molecule has 1 saturated carbocycles. The zero-order chi connectivity index (χ0) is 9.90. The summed E-state index contributed by atoms with van der Waals surface area (Å²) in [5.41, 5.74) is 0. The van der Waals surface area contributed by atoms with E-state index < -0.39 is 12.1 Å². The van der Waals surface area contributed by atoms with Crippen LogP contribution in [0.25, 0.3) is 0 Å². The van der Waals surface area contributed by atoms with Gasteiger partial charge in [-0.15, -0.1) is 0 Å². The van der Waals surface area contributed by atoms with Crippen molar-refractivity contribution in [1.29, 1.82) is 0 Å². The van der Waals surface area contributed by atoms with Crippen LogP contribution in [0.15, 0.2) is 0 Å². The molecule has 1 aliphatic rings. The molecule has 0 spiro atoms. The average molecular weight is 196 g/mol.